The van der Waals surface area contributed by atoms with Crippen molar-refractivity contribution < 1.29 is 4.79 Å². The number of rotatable bonds is 5. The molecule has 1 fully saturated rings. The number of carbonyl (C=O) groups is 1. The molecular weight excluding hydrogens is 218 g/mol. The van der Waals surface area contributed by atoms with E-state index in [9.17, 15) is 4.79 Å². The van der Waals surface area contributed by atoms with Crippen molar-refractivity contribution in [2.24, 2.45) is 7.05 Å². The van der Waals surface area contributed by atoms with Crippen LogP contribution >= 0.6 is 0 Å². The third kappa shape index (κ3) is 2.63. The molecule has 17 heavy (non-hydrogen) atoms. The Hall–Kier alpha value is -1.43. The van der Waals surface area contributed by atoms with E-state index in [1.165, 1.54) is 0 Å². The Morgan fingerprint density at radius 1 is 1.59 bits per heavy atom. The van der Waals surface area contributed by atoms with E-state index in [0.29, 0.717) is 6.54 Å². The Kier molecular flexibility index (Phi) is 3.73. The molecule has 1 N–H and O–H groups in total. The topological polar surface area (TPSA) is 63.0 Å². The second kappa shape index (κ2) is 5.27. The molecule has 1 aliphatic heterocycles. The lowest BCUT2D eigenvalue weighted by atomic mass is 10.2. The Morgan fingerprint density at radius 2 is 2.41 bits per heavy atom. The third-order valence-electron chi connectivity index (χ3n) is 3.08. The molecule has 1 atom stereocenters. The number of aromatic nitrogens is 3. The van der Waals surface area contributed by atoms with Crippen molar-refractivity contribution >= 4 is 5.91 Å². The monoisotopic (exact) mass is 237 g/mol. The van der Waals surface area contributed by atoms with Crippen molar-refractivity contribution in [1.82, 2.24) is 25.0 Å². The first-order valence-corrected chi connectivity index (χ1v) is 6.07. The summed E-state index contributed by atoms with van der Waals surface area (Å²) in [5.41, 5.74) is 0. The number of amides is 1. The zero-order valence-electron chi connectivity index (χ0n) is 10.4. The summed E-state index contributed by atoms with van der Waals surface area (Å²) in [4.78, 5) is 13.9. The highest BCUT2D eigenvalue weighted by atomic mass is 16.2. The average Bonchev–Trinajstić information content (AvgIpc) is 2.86. The van der Waals surface area contributed by atoms with Crippen LogP contribution in [-0.4, -0.2) is 44.7 Å². The highest BCUT2D eigenvalue weighted by Gasteiger charge is 2.31. The highest BCUT2D eigenvalue weighted by molar-refractivity contribution is 5.83. The number of nitrogens with one attached hydrogen (secondary N) is 1. The van der Waals surface area contributed by atoms with E-state index in [0.717, 1.165) is 31.8 Å². The summed E-state index contributed by atoms with van der Waals surface area (Å²) < 4.78 is 1.85. The molecule has 2 rings (SSSR count). The molecule has 0 aromatic carbocycles. The van der Waals surface area contributed by atoms with E-state index < -0.39 is 0 Å². The predicted molar refractivity (Wildman–Crippen MR) is 63.1 cm³/mol. The average molecular weight is 237 g/mol. The standard InChI is InChI=1S/C11H19N5O/c1-3-5-12-9-4-6-16(11(9)17)7-10-14-13-8-15(10)2/h8-9,12H,3-7H2,1-2H3. The van der Waals surface area contributed by atoms with Gasteiger partial charge in [-0.25, -0.2) is 0 Å². The van der Waals surface area contributed by atoms with E-state index in [1.54, 1.807) is 6.33 Å². The van der Waals surface area contributed by atoms with Crippen molar-refractivity contribution in [2.75, 3.05) is 13.1 Å². The maximum absolute atomic E-state index is 12.1. The Morgan fingerprint density at radius 3 is 3.06 bits per heavy atom. The first kappa shape index (κ1) is 12.0. The van der Waals surface area contributed by atoms with Crippen molar-refractivity contribution in [3.63, 3.8) is 0 Å². The Balaban J connectivity index is 1.92. The minimum absolute atomic E-state index is 0.0109. The van der Waals surface area contributed by atoms with E-state index >= 15 is 0 Å². The fraction of sp³-hybridized carbons (Fsp3) is 0.727. The van der Waals surface area contributed by atoms with Crippen LogP contribution in [0.15, 0.2) is 6.33 Å². The quantitative estimate of drug-likeness (QED) is 0.778. The fourth-order valence-electron chi connectivity index (χ4n) is 2.02. The molecule has 1 amide bonds. The highest BCUT2D eigenvalue weighted by Crippen LogP contribution is 2.13. The van der Waals surface area contributed by atoms with Crippen LogP contribution in [-0.2, 0) is 18.4 Å². The molecular formula is C11H19N5O. The van der Waals surface area contributed by atoms with Crippen LogP contribution in [0.2, 0.25) is 0 Å². The fourth-order valence-corrected chi connectivity index (χ4v) is 2.02. The van der Waals surface area contributed by atoms with Gasteiger partial charge in [0.2, 0.25) is 5.91 Å². The summed E-state index contributed by atoms with van der Waals surface area (Å²) in [6.07, 6.45) is 3.59. The van der Waals surface area contributed by atoms with Crippen LogP contribution in [0, 0.1) is 0 Å². The van der Waals surface area contributed by atoms with Crippen LogP contribution in [0.3, 0.4) is 0 Å². The summed E-state index contributed by atoms with van der Waals surface area (Å²) >= 11 is 0. The van der Waals surface area contributed by atoms with Gasteiger partial charge in [-0.15, -0.1) is 10.2 Å². The van der Waals surface area contributed by atoms with Gasteiger partial charge in [-0.1, -0.05) is 6.92 Å². The van der Waals surface area contributed by atoms with Gasteiger partial charge >= 0.3 is 0 Å². The number of likely N-dealkylation sites (tertiary alicyclic amines) is 1. The van der Waals surface area contributed by atoms with E-state index in [2.05, 4.69) is 22.4 Å². The second-order valence-corrected chi connectivity index (χ2v) is 4.41. The van der Waals surface area contributed by atoms with Crippen LogP contribution < -0.4 is 5.32 Å². The van der Waals surface area contributed by atoms with Gasteiger partial charge < -0.3 is 14.8 Å². The Labute approximate surface area is 101 Å². The predicted octanol–water partition coefficient (Wildman–Crippen LogP) is -0.0844. The summed E-state index contributed by atoms with van der Waals surface area (Å²) in [6.45, 7) is 4.35. The minimum atomic E-state index is -0.0109. The third-order valence-corrected chi connectivity index (χ3v) is 3.08. The first-order chi connectivity index (χ1) is 8.22. The summed E-state index contributed by atoms with van der Waals surface area (Å²) in [5, 5.41) is 11.1. The van der Waals surface area contributed by atoms with E-state index in [4.69, 9.17) is 0 Å². The first-order valence-electron chi connectivity index (χ1n) is 6.07. The van der Waals surface area contributed by atoms with Crippen LogP contribution in [0.5, 0.6) is 0 Å². The van der Waals surface area contributed by atoms with Gasteiger partial charge in [-0.05, 0) is 19.4 Å². The molecule has 1 aromatic heterocycles. The molecule has 94 valence electrons. The van der Waals surface area contributed by atoms with E-state index in [1.807, 2.05) is 16.5 Å². The summed E-state index contributed by atoms with van der Waals surface area (Å²) in [6, 6.07) is -0.0109. The summed E-state index contributed by atoms with van der Waals surface area (Å²) in [5.74, 6) is 1.01. The SMILES string of the molecule is CCCNC1CCN(Cc2nncn2C)C1=O. The number of nitrogens with zero attached hydrogens (tertiary/aromatic N) is 4. The lowest BCUT2D eigenvalue weighted by molar-refractivity contribution is -0.130. The van der Waals surface area contributed by atoms with Gasteiger partial charge in [0.1, 0.15) is 6.33 Å². The maximum Gasteiger partial charge on any atom is 0.240 e. The number of hydrogen-bond acceptors (Lipinski definition) is 4. The molecule has 1 aliphatic rings. The second-order valence-electron chi connectivity index (χ2n) is 4.41. The van der Waals surface area contributed by atoms with Crippen LogP contribution in [0.25, 0.3) is 0 Å². The van der Waals surface area contributed by atoms with Crippen LogP contribution in [0.4, 0.5) is 0 Å². The van der Waals surface area contributed by atoms with Gasteiger partial charge in [0.05, 0.1) is 12.6 Å². The van der Waals surface area contributed by atoms with Crippen molar-refractivity contribution in [3.8, 4) is 0 Å². The van der Waals surface area contributed by atoms with Crippen LogP contribution in [0.1, 0.15) is 25.6 Å². The number of aryl methyl sites for hydroxylation is 1. The van der Waals surface area contributed by atoms with Crippen molar-refractivity contribution in [2.45, 2.75) is 32.4 Å². The van der Waals surface area contributed by atoms with Crippen molar-refractivity contribution in [3.05, 3.63) is 12.2 Å². The number of carbonyl (C=O) groups excluding carboxylic acids is 1. The molecule has 6 nitrogen and oxygen atoms in total. The molecule has 6 heteroatoms. The van der Waals surface area contributed by atoms with Crippen molar-refractivity contribution in [1.29, 1.82) is 0 Å². The van der Waals surface area contributed by atoms with Gasteiger partial charge in [-0.3, -0.25) is 4.79 Å². The normalized spacial score (nSPS) is 20.2. The number of hydrogen-bond donors (Lipinski definition) is 1. The zero-order chi connectivity index (χ0) is 12.3. The molecule has 0 aliphatic carbocycles. The molecule has 0 bridgehead atoms. The van der Waals surface area contributed by atoms with Gasteiger partial charge in [-0.2, -0.15) is 0 Å². The minimum Gasteiger partial charge on any atom is -0.334 e. The van der Waals surface area contributed by atoms with Gasteiger partial charge in [0, 0.05) is 13.6 Å². The molecule has 0 spiro atoms. The zero-order valence-corrected chi connectivity index (χ0v) is 10.4. The molecule has 1 unspecified atom stereocenters. The molecule has 1 saturated heterocycles. The van der Waals surface area contributed by atoms with E-state index in [-0.39, 0.29) is 11.9 Å². The Bertz CT molecular complexity index is 389. The molecule has 0 saturated carbocycles. The van der Waals surface area contributed by atoms with Gasteiger partial charge in [0.15, 0.2) is 5.82 Å². The molecule has 2 heterocycles. The summed E-state index contributed by atoms with van der Waals surface area (Å²) in [7, 11) is 1.89. The maximum atomic E-state index is 12.1. The smallest absolute Gasteiger partial charge is 0.240 e. The lowest BCUT2D eigenvalue weighted by Crippen LogP contribution is -2.38. The largest absolute Gasteiger partial charge is 0.334 e. The van der Waals surface area contributed by atoms with Gasteiger partial charge in [0.25, 0.3) is 0 Å². The molecule has 1 aromatic rings. The molecule has 0 radical (unpaired) electrons. The lowest BCUT2D eigenvalue weighted by Gasteiger charge is -2.16.